The number of carbonyl (C=O) groups is 1. The Hall–Kier alpha value is -0.780. The van der Waals surface area contributed by atoms with Gasteiger partial charge in [-0.05, 0) is 54.6 Å². The van der Waals surface area contributed by atoms with Crippen LogP contribution >= 0.6 is 22.6 Å². The second-order valence-corrected chi connectivity index (χ2v) is 4.10. The summed E-state index contributed by atoms with van der Waals surface area (Å²) in [7, 11) is 0. The van der Waals surface area contributed by atoms with Crippen LogP contribution in [0.3, 0.4) is 0 Å². The van der Waals surface area contributed by atoms with Crippen molar-refractivity contribution in [1.82, 2.24) is 5.32 Å². The lowest BCUT2D eigenvalue weighted by molar-refractivity contribution is 0.0955. The fourth-order valence-corrected chi connectivity index (χ4v) is 1.66. The van der Waals surface area contributed by atoms with Crippen molar-refractivity contribution in [3.8, 4) is 5.75 Å². The molecule has 0 aliphatic rings. The second kappa shape index (κ2) is 5.95. The maximum Gasteiger partial charge on any atom is 0.251 e. The quantitative estimate of drug-likeness (QED) is 0.866. The van der Waals surface area contributed by atoms with Crippen LogP contribution in [0.2, 0.25) is 0 Å². The van der Waals surface area contributed by atoms with Crippen LogP contribution in [0, 0.1) is 3.57 Å². The zero-order chi connectivity index (χ0) is 11.3. The van der Waals surface area contributed by atoms with Crippen molar-refractivity contribution in [2.75, 3.05) is 13.2 Å². The van der Waals surface area contributed by atoms with Crippen LogP contribution in [0.25, 0.3) is 0 Å². The molecule has 1 N–H and O–H groups in total. The van der Waals surface area contributed by atoms with E-state index in [4.69, 9.17) is 4.74 Å². The van der Waals surface area contributed by atoms with E-state index in [0.29, 0.717) is 18.7 Å². The number of hydrogen-bond donors (Lipinski definition) is 1. The Labute approximate surface area is 103 Å². The number of carbonyl (C=O) groups excluding carboxylic acids is 1. The van der Waals surface area contributed by atoms with Gasteiger partial charge in [0.15, 0.2) is 0 Å². The van der Waals surface area contributed by atoms with E-state index in [0.717, 1.165) is 9.32 Å². The fourth-order valence-electron chi connectivity index (χ4n) is 1.17. The van der Waals surface area contributed by atoms with E-state index in [9.17, 15) is 4.79 Å². The van der Waals surface area contributed by atoms with Crippen LogP contribution < -0.4 is 10.1 Å². The number of amides is 1. The third kappa shape index (κ3) is 3.37. The van der Waals surface area contributed by atoms with Crippen LogP contribution in [-0.2, 0) is 0 Å². The van der Waals surface area contributed by atoms with Gasteiger partial charge >= 0.3 is 0 Å². The van der Waals surface area contributed by atoms with Gasteiger partial charge in [-0.15, -0.1) is 0 Å². The number of nitrogens with one attached hydrogen (secondary N) is 1. The zero-order valence-corrected chi connectivity index (χ0v) is 11.0. The average Bonchev–Trinajstić information content (AvgIpc) is 2.22. The Morgan fingerprint density at radius 1 is 1.47 bits per heavy atom. The molecule has 1 aromatic rings. The molecule has 1 aromatic carbocycles. The number of rotatable bonds is 4. The van der Waals surface area contributed by atoms with E-state index in [2.05, 4.69) is 27.9 Å². The zero-order valence-electron chi connectivity index (χ0n) is 8.84. The lowest BCUT2D eigenvalue weighted by Crippen LogP contribution is -2.22. The molecule has 1 rings (SSSR count). The highest BCUT2D eigenvalue weighted by atomic mass is 127. The number of benzene rings is 1. The maximum absolute atomic E-state index is 11.5. The van der Waals surface area contributed by atoms with Gasteiger partial charge in [0.1, 0.15) is 5.75 Å². The summed E-state index contributed by atoms with van der Waals surface area (Å²) in [5, 5.41) is 2.75. The SMILES string of the molecule is CCNC(=O)c1ccc(I)c(OCC)c1. The standard InChI is InChI=1S/C11H14INO2/c1-3-13-11(14)8-5-6-9(12)10(7-8)15-4-2/h5-7H,3-4H2,1-2H3,(H,13,14). The Balaban J connectivity index is 2.91. The van der Waals surface area contributed by atoms with Gasteiger partial charge in [-0.1, -0.05) is 0 Å². The van der Waals surface area contributed by atoms with Crippen molar-refractivity contribution in [3.63, 3.8) is 0 Å². The molecule has 4 heteroatoms. The van der Waals surface area contributed by atoms with Gasteiger partial charge in [0.05, 0.1) is 10.2 Å². The van der Waals surface area contributed by atoms with Gasteiger partial charge in [0.2, 0.25) is 0 Å². The Bertz CT molecular complexity index is 352. The Kier molecular flexibility index (Phi) is 4.87. The first-order valence-electron chi connectivity index (χ1n) is 4.89. The van der Waals surface area contributed by atoms with Crippen molar-refractivity contribution in [1.29, 1.82) is 0 Å². The predicted octanol–water partition coefficient (Wildman–Crippen LogP) is 2.44. The van der Waals surface area contributed by atoms with Crippen LogP contribution in [0.5, 0.6) is 5.75 Å². The van der Waals surface area contributed by atoms with Gasteiger partial charge in [0, 0.05) is 12.1 Å². The van der Waals surface area contributed by atoms with Crippen molar-refractivity contribution in [2.24, 2.45) is 0 Å². The minimum atomic E-state index is -0.0603. The maximum atomic E-state index is 11.5. The normalized spacial score (nSPS) is 9.80. The summed E-state index contributed by atoms with van der Waals surface area (Å²) in [4.78, 5) is 11.5. The molecule has 0 bridgehead atoms. The molecule has 1 amide bonds. The molecule has 3 nitrogen and oxygen atoms in total. The largest absolute Gasteiger partial charge is 0.493 e. The van der Waals surface area contributed by atoms with Gasteiger partial charge in [-0.2, -0.15) is 0 Å². The minimum absolute atomic E-state index is 0.0603. The first kappa shape index (κ1) is 12.3. The molecule has 0 aliphatic heterocycles. The Morgan fingerprint density at radius 2 is 2.20 bits per heavy atom. The molecular formula is C11H14INO2. The van der Waals surface area contributed by atoms with Crippen LogP contribution in [0.15, 0.2) is 18.2 Å². The second-order valence-electron chi connectivity index (χ2n) is 2.94. The topological polar surface area (TPSA) is 38.3 Å². The summed E-state index contributed by atoms with van der Waals surface area (Å²) in [6.45, 7) is 5.06. The van der Waals surface area contributed by atoms with Crippen molar-refractivity contribution < 1.29 is 9.53 Å². The summed E-state index contributed by atoms with van der Waals surface area (Å²) in [6, 6.07) is 5.46. The molecule has 0 spiro atoms. The van der Waals surface area contributed by atoms with Gasteiger partial charge in [-0.3, -0.25) is 4.79 Å². The van der Waals surface area contributed by atoms with E-state index in [1.807, 2.05) is 19.9 Å². The Morgan fingerprint density at radius 3 is 2.80 bits per heavy atom. The summed E-state index contributed by atoms with van der Waals surface area (Å²) in [6.07, 6.45) is 0. The molecule has 0 unspecified atom stereocenters. The minimum Gasteiger partial charge on any atom is -0.493 e. The van der Waals surface area contributed by atoms with E-state index in [1.165, 1.54) is 0 Å². The summed E-state index contributed by atoms with van der Waals surface area (Å²) in [5.74, 6) is 0.705. The molecule has 82 valence electrons. The van der Waals surface area contributed by atoms with Gasteiger partial charge < -0.3 is 10.1 Å². The molecule has 0 saturated heterocycles. The van der Waals surface area contributed by atoms with E-state index >= 15 is 0 Å². The lowest BCUT2D eigenvalue weighted by Gasteiger charge is -2.08. The van der Waals surface area contributed by atoms with Crippen LogP contribution in [0.4, 0.5) is 0 Å². The monoisotopic (exact) mass is 319 g/mol. The summed E-state index contributed by atoms with van der Waals surface area (Å²) in [5.41, 5.74) is 0.640. The smallest absolute Gasteiger partial charge is 0.251 e. The van der Waals surface area contributed by atoms with E-state index in [1.54, 1.807) is 12.1 Å². The first-order chi connectivity index (χ1) is 7.19. The molecule has 0 radical (unpaired) electrons. The van der Waals surface area contributed by atoms with Crippen molar-refractivity contribution >= 4 is 28.5 Å². The van der Waals surface area contributed by atoms with Gasteiger partial charge in [-0.25, -0.2) is 0 Å². The average molecular weight is 319 g/mol. The van der Waals surface area contributed by atoms with E-state index < -0.39 is 0 Å². The third-order valence-electron chi connectivity index (χ3n) is 1.83. The highest BCUT2D eigenvalue weighted by Crippen LogP contribution is 2.22. The summed E-state index contributed by atoms with van der Waals surface area (Å²) >= 11 is 2.19. The number of hydrogen-bond acceptors (Lipinski definition) is 2. The summed E-state index contributed by atoms with van der Waals surface area (Å²) < 4.78 is 6.43. The van der Waals surface area contributed by atoms with E-state index in [-0.39, 0.29) is 5.91 Å². The number of ether oxygens (including phenoxy) is 1. The first-order valence-corrected chi connectivity index (χ1v) is 5.97. The molecule has 0 saturated carbocycles. The van der Waals surface area contributed by atoms with Crippen molar-refractivity contribution in [2.45, 2.75) is 13.8 Å². The lowest BCUT2D eigenvalue weighted by atomic mass is 10.2. The predicted molar refractivity (Wildman–Crippen MR) is 68.3 cm³/mol. The third-order valence-corrected chi connectivity index (χ3v) is 2.72. The van der Waals surface area contributed by atoms with Gasteiger partial charge in [0.25, 0.3) is 5.91 Å². The molecule has 0 fully saturated rings. The van der Waals surface area contributed by atoms with Crippen LogP contribution in [0.1, 0.15) is 24.2 Å². The molecular weight excluding hydrogens is 305 g/mol. The van der Waals surface area contributed by atoms with Crippen molar-refractivity contribution in [3.05, 3.63) is 27.3 Å². The highest BCUT2D eigenvalue weighted by molar-refractivity contribution is 14.1. The molecule has 15 heavy (non-hydrogen) atoms. The molecule has 0 aromatic heterocycles. The molecule has 0 atom stereocenters. The fraction of sp³-hybridized carbons (Fsp3) is 0.364. The van der Waals surface area contributed by atoms with Crippen LogP contribution in [-0.4, -0.2) is 19.1 Å². The molecule has 0 aliphatic carbocycles. The molecule has 0 heterocycles. The highest BCUT2D eigenvalue weighted by Gasteiger charge is 2.07. The number of halogens is 1.